The van der Waals surface area contributed by atoms with Gasteiger partial charge in [-0.25, -0.2) is 0 Å². The van der Waals surface area contributed by atoms with Crippen LogP contribution in [0.4, 0.5) is 0 Å². The Bertz CT molecular complexity index is 721. The molecule has 1 heterocycles. The van der Waals surface area contributed by atoms with Crippen LogP contribution < -0.4 is 5.32 Å². The average molecular weight is 308 g/mol. The van der Waals surface area contributed by atoms with E-state index in [9.17, 15) is 4.79 Å². The van der Waals surface area contributed by atoms with Crippen LogP contribution in [-0.2, 0) is 11.2 Å². The average Bonchev–Trinajstić information content (AvgIpc) is 3.18. The molecule has 120 valence electrons. The summed E-state index contributed by atoms with van der Waals surface area (Å²) in [5, 5.41) is 4.35. The van der Waals surface area contributed by atoms with Gasteiger partial charge in [0.25, 0.3) is 0 Å². The number of nitrogens with zero attached hydrogens (tertiary/aromatic N) is 1. The van der Waals surface area contributed by atoms with Gasteiger partial charge in [-0.2, -0.15) is 0 Å². The van der Waals surface area contributed by atoms with Gasteiger partial charge in [0.1, 0.15) is 0 Å². The zero-order chi connectivity index (χ0) is 15.8. The summed E-state index contributed by atoms with van der Waals surface area (Å²) < 4.78 is 0. The number of hydrogen-bond acceptors (Lipinski definition) is 2. The van der Waals surface area contributed by atoms with Crippen LogP contribution in [0.2, 0.25) is 0 Å². The van der Waals surface area contributed by atoms with E-state index in [1.165, 1.54) is 25.7 Å². The highest BCUT2D eigenvalue weighted by atomic mass is 16.1. The minimum Gasteiger partial charge on any atom is -0.353 e. The van der Waals surface area contributed by atoms with Gasteiger partial charge in [-0.15, -0.1) is 0 Å². The van der Waals surface area contributed by atoms with E-state index in [-0.39, 0.29) is 5.91 Å². The third-order valence-corrected chi connectivity index (χ3v) is 5.89. The third-order valence-electron chi connectivity index (χ3n) is 5.89. The minimum absolute atomic E-state index is 0.124. The van der Waals surface area contributed by atoms with Crippen molar-refractivity contribution in [2.24, 2.45) is 17.8 Å². The highest BCUT2D eigenvalue weighted by Crippen LogP contribution is 2.49. The number of benzene rings is 1. The van der Waals surface area contributed by atoms with E-state index in [4.69, 9.17) is 0 Å². The van der Waals surface area contributed by atoms with Crippen LogP contribution in [0, 0.1) is 17.8 Å². The Morgan fingerprint density at radius 1 is 1.26 bits per heavy atom. The molecule has 0 saturated heterocycles. The van der Waals surface area contributed by atoms with Crippen LogP contribution in [0.5, 0.6) is 0 Å². The monoisotopic (exact) mass is 308 g/mol. The van der Waals surface area contributed by atoms with Crippen molar-refractivity contribution in [2.45, 2.75) is 45.1 Å². The Hall–Kier alpha value is -1.90. The highest BCUT2D eigenvalue weighted by molar-refractivity contribution is 5.87. The SMILES string of the molecule is C[C@@H](NC(=O)Cc1cccc2cccnc12)[C@@H]1C[C@H]2CC[C@H]1C2. The quantitative estimate of drug-likeness (QED) is 0.935. The van der Waals surface area contributed by atoms with Gasteiger partial charge in [0.05, 0.1) is 11.9 Å². The molecule has 2 aliphatic rings. The molecule has 1 aromatic carbocycles. The van der Waals surface area contributed by atoms with E-state index < -0.39 is 0 Å². The summed E-state index contributed by atoms with van der Waals surface area (Å²) in [5.74, 6) is 2.57. The zero-order valence-corrected chi connectivity index (χ0v) is 13.7. The van der Waals surface area contributed by atoms with Crippen LogP contribution in [-0.4, -0.2) is 16.9 Å². The maximum absolute atomic E-state index is 12.5. The van der Waals surface area contributed by atoms with E-state index in [1.54, 1.807) is 6.20 Å². The molecule has 1 N–H and O–H groups in total. The fourth-order valence-electron chi connectivity index (χ4n) is 4.80. The second kappa shape index (κ2) is 5.95. The summed E-state index contributed by atoms with van der Waals surface area (Å²) in [6.07, 6.45) is 7.67. The Balaban J connectivity index is 1.43. The normalized spacial score (nSPS) is 27.3. The van der Waals surface area contributed by atoms with E-state index in [0.29, 0.717) is 18.4 Å². The molecule has 2 bridgehead atoms. The summed E-state index contributed by atoms with van der Waals surface area (Å²) in [7, 11) is 0. The van der Waals surface area contributed by atoms with Gasteiger partial charge in [0.2, 0.25) is 5.91 Å². The van der Waals surface area contributed by atoms with Crippen molar-refractivity contribution >= 4 is 16.8 Å². The van der Waals surface area contributed by atoms with Gasteiger partial charge in [-0.3, -0.25) is 9.78 Å². The predicted octanol–water partition coefficient (Wildman–Crippen LogP) is 3.72. The van der Waals surface area contributed by atoms with Crippen LogP contribution in [0.1, 0.15) is 38.2 Å². The Labute approximate surface area is 137 Å². The molecule has 3 nitrogen and oxygen atoms in total. The van der Waals surface area contributed by atoms with Crippen molar-refractivity contribution in [3.05, 3.63) is 42.1 Å². The lowest BCUT2D eigenvalue weighted by atomic mass is 9.84. The topological polar surface area (TPSA) is 42.0 Å². The van der Waals surface area contributed by atoms with Crippen molar-refractivity contribution < 1.29 is 4.79 Å². The second-order valence-corrected chi connectivity index (χ2v) is 7.36. The fraction of sp³-hybridized carbons (Fsp3) is 0.500. The first-order valence-corrected chi connectivity index (χ1v) is 8.82. The van der Waals surface area contributed by atoms with Gasteiger partial charge in [0, 0.05) is 17.6 Å². The molecule has 3 heteroatoms. The second-order valence-electron chi connectivity index (χ2n) is 7.36. The standard InChI is InChI=1S/C20H24N2O/c1-13(18-11-14-7-8-16(18)10-14)22-19(23)12-17-5-2-4-15-6-3-9-21-20(15)17/h2-6,9,13-14,16,18H,7-8,10-12H2,1H3,(H,22,23)/t13-,14+,16+,18+/m1/s1. The Kier molecular flexibility index (Phi) is 3.80. The number of pyridine rings is 1. The molecule has 4 atom stereocenters. The number of carbonyl (C=O) groups is 1. The number of fused-ring (bicyclic) bond motifs is 3. The van der Waals surface area contributed by atoms with Gasteiger partial charge in [0.15, 0.2) is 0 Å². The molecule has 4 rings (SSSR count). The van der Waals surface area contributed by atoms with E-state index in [2.05, 4.69) is 17.2 Å². The molecular weight excluding hydrogens is 284 g/mol. The summed E-state index contributed by atoms with van der Waals surface area (Å²) in [5.41, 5.74) is 1.96. The molecule has 0 radical (unpaired) electrons. The highest BCUT2D eigenvalue weighted by Gasteiger charge is 2.42. The van der Waals surface area contributed by atoms with Crippen molar-refractivity contribution in [3.63, 3.8) is 0 Å². The molecule has 2 aliphatic carbocycles. The third kappa shape index (κ3) is 2.85. The first kappa shape index (κ1) is 14.7. The van der Waals surface area contributed by atoms with Crippen molar-refractivity contribution in [1.29, 1.82) is 0 Å². The number of aromatic nitrogens is 1. The lowest BCUT2D eigenvalue weighted by Crippen LogP contribution is -2.40. The molecule has 1 aromatic heterocycles. The predicted molar refractivity (Wildman–Crippen MR) is 92.0 cm³/mol. The first-order valence-electron chi connectivity index (χ1n) is 8.82. The molecule has 23 heavy (non-hydrogen) atoms. The molecule has 0 unspecified atom stereocenters. The lowest BCUT2D eigenvalue weighted by molar-refractivity contribution is -0.121. The fourth-order valence-corrected chi connectivity index (χ4v) is 4.80. The lowest BCUT2D eigenvalue weighted by Gasteiger charge is -2.28. The van der Waals surface area contributed by atoms with E-state index in [0.717, 1.165) is 28.3 Å². The number of amides is 1. The maximum Gasteiger partial charge on any atom is 0.224 e. The molecule has 1 amide bonds. The van der Waals surface area contributed by atoms with Crippen LogP contribution in [0.15, 0.2) is 36.5 Å². The van der Waals surface area contributed by atoms with Crippen molar-refractivity contribution in [3.8, 4) is 0 Å². The zero-order valence-electron chi connectivity index (χ0n) is 13.7. The Morgan fingerprint density at radius 3 is 2.91 bits per heavy atom. The Morgan fingerprint density at radius 2 is 2.13 bits per heavy atom. The number of rotatable bonds is 4. The molecular formula is C20H24N2O. The van der Waals surface area contributed by atoms with Gasteiger partial charge < -0.3 is 5.32 Å². The molecule has 0 spiro atoms. The number of carbonyl (C=O) groups excluding carboxylic acids is 1. The van der Waals surface area contributed by atoms with Crippen LogP contribution >= 0.6 is 0 Å². The van der Waals surface area contributed by atoms with Crippen molar-refractivity contribution in [1.82, 2.24) is 10.3 Å². The van der Waals surface area contributed by atoms with Crippen LogP contribution in [0.25, 0.3) is 10.9 Å². The smallest absolute Gasteiger partial charge is 0.224 e. The number of para-hydroxylation sites is 1. The van der Waals surface area contributed by atoms with Crippen LogP contribution in [0.3, 0.4) is 0 Å². The van der Waals surface area contributed by atoms with Gasteiger partial charge in [-0.05, 0) is 55.6 Å². The summed E-state index contributed by atoms with van der Waals surface area (Å²) in [4.78, 5) is 16.9. The van der Waals surface area contributed by atoms with Gasteiger partial charge >= 0.3 is 0 Å². The first-order chi connectivity index (χ1) is 11.2. The molecule has 2 aromatic rings. The molecule has 2 fully saturated rings. The summed E-state index contributed by atoms with van der Waals surface area (Å²) in [6.45, 7) is 2.19. The number of nitrogens with one attached hydrogen (secondary N) is 1. The van der Waals surface area contributed by atoms with Gasteiger partial charge in [-0.1, -0.05) is 30.7 Å². The molecule has 0 aliphatic heterocycles. The maximum atomic E-state index is 12.5. The van der Waals surface area contributed by atoms with E-state index in [1.807, 2.05) is 30.3 Å². The van der Waals surface area contributed by atoms with E-state index >= 15 is 0 Å². The largest absolute Gasteiger partial charge is 0.353 e. The summed E-state index contributed by atoms with van der Waals surface area (Å²) >= 11 is 0. The minimum atomic E-state index is 0.124. The van der Waals surface area contributed by atoms with Crippen molar-refractivity contribution in [2.75, 3.05) is 0 Å². The number of hydrogen-bond donors (Lipinski definition) is 1. The summed E-state index contributed by atoms with van der Waals surface area (Å²) in [6, 6.07) is 10.3. The molecule has 2 saturated carbocycles.